The number of hydrogen-bond acceptors (Lipinski definition) is 0. The molecule has 0 nitrogen and oxygen atoms in total. The topological polar surface area (TPSA) is 0 Å². The minimum Gasteiger partial charge on any atom is -0.391 e. The van der Waals surface area contributed by atoms with E-state index in [0.717, 1.165) is 0 Å². The second kappa shape index (κ2) is 7.95. The molecule has 0 rings (SSSR count). The van der Waals surface area contributed by atoms with E-state index < -0.39 is 14.7 Å². The lowest BCUT2D eigenvalue weighted by Gasteiger charge is -1.97. The Kier molecular flexibility index (Phi) is 11.4. The van der Waals surface area contributed by atoms with Gasteiger partial charge < -0.3 is 40.2 Å². The van der Waals surface area contributed by atoms with Crippen LogP contribution in [-0.4, -0.2) is 15.6 Å². The van der Waals surface area contributed by atoms with Crippen LogP contribution < -0.4 is 0 Å². The van der Waals surface area contributed by atoms with Crippen molar-refractivity contribution < 1.29 is 0 Å². The zero-order valence-electron chi connectivity index (χ0n) is 5.66. The SMILES string of the molecule is C=CC[P+](Cl)(Cl)Cl.[Cl][Al-]([Cl])([Cl])[Cl]. The van der Waals surface area contributed by atoms with E-state index in [9.17, 15) is 0 Å². The van der Waals surface area contributed by atoms with E-state index >= 15 is 0 Å². The lowest BCUT2D eigenvalue weighted by atomic mass is 10.8. The molecule has 0 saturated carbocycles. The summed E-state index contributed by atoms with van der Waals surface area (Å²) in [4.78, 5) is 0. The van der Waals surface area contributed by atoms with Crippen LogP contribution in [0.25, 0.3) is 0 Å². The van der Waals surface area contributed by atoms with Gasteiger partial charge in [-0.2, -0.15) is 0 Å². The third kappa shape index (κ3) is 38.7. The molecule has 0 aliphatic carbocycles. The van der Waals surface area contributed by atoms with E-state index in [-0.39, 0.29) is 0 Å². The molecule has 0 amide bonds. The molecular formula is C3H5AlCl7P. The van der Waals surface area contributed by atoms with Crippen LogP contribution in [0.2, 0.25) is 0 Å². The van der Waals surface area contributed by atoms with Crippen LogP contribution in [0.5, 0.6) is 0 Å². The van der Waals surface area contributed by atoms with Crippen LogP contribution >= 0.6 is 79.2 Å². The molecule has 0 atom stereocenters. The van der Waals surface area contributed by atoms with Gasteiger partial charge in [0.1, 0.15) is 39.9 Å². The summed E-state index contributed by atoms with van der Waals surface area (Å²) in [5.74, 6) is 0. The van der Waals surface area contributed by atoms with Crippen molar-refractivity contribution in [3.05, 3.63) is 12.7 Å². The van der Waals surface area contributed by atoms with Crippen molar-refractivity contribution in [2.45, 2.75) is 0 Å². The average Bonchev–Trinajstić information content (AvgIpc) is 1.54. The lowest BCUT2D eigenvalue weighted by Crippen LogP contribution is -1.91. The average molecular weight is 347 g/mol. The molecule has 0 aromatic heterocycles. The van der Waals surface area contributed by atoms with Crippen molar-refractivity contribution in [1.82, 2.24) is 0 Å². The van der Waals surface area contributed by atoms with Gasteiger partial charge in [0.2, 0.25) is 0 Å². The third-order valence-electron chi connectivity index (χ3n) is 0.336. The summed E-state index contributed by atoms with van der Waals surface area (Å²) >= 11 is 16.2. The standard InChI is InChI=1S/C3H5Cl3P.Al.4ClH/c1-2-3-7(4,5)6;;;;;/h2H,1,3H2;;4*1H/q+1;+3;;;;/p-4. The zero-order valence-corrected chi connectivity index (χ0v) is 13.0. The Morgan fingerprint density at radius 1 is 1.08 bits per heavy atom. The molecule has 0 aromatic rings. The highest BCUT2D eigenvalue weighted by atomic mass is 36.1. The van der Waals surface area contributed by atoms with Gasteiger partial charge in [0.15, 0.2) is 0 Å². The second-order valence-electron chi connectivity index (χ2n) is 1.52. The minimum absolute atomic E-state index is 0.512. The van der Waals surface area contributed by atoms with E-state index in [1.54, 1.807) is 6.08 Å². The van der Waals surface area contributed by atoms with Gasteiger partial charge in [-0.05, 0) is 0 Å². The molecule has 0 spiro atoms. The largest absolute Gasteiger partial charge is 0.564 e. The van der Waals surface area contributed by atoms with E-state index in [1.165, 1.54) is 0 Å². The highest BCUT2D eigenvalue weighted by Crippen LogP contribution is 2.73. The van der Waals surface area contributed by atoms with Gasteiger partial charge in [0.25, 0.3) is 0 Å². The molecule has 0 aromatic carbocycles. The van der Waals surface area contributed by atoms with Gasteiger partial charge in [-0.3, -0.25) is 0 Å². The summed E-state index contributed by atoms with van der Waals surface area (Å²) in [6.07, 6.45) is 2.12. The molecule has 0 unspecified atom stereocenters. The van der Waals surface area contributed by atoms with E-state index in [0.29, 0.717) is 6.16 Å². The van der Waals surface area contributed by atoms with Crippen molar-refractivity contribution >= 4 is 88.6 Å². The highest BCUT2D eigenvalue weighted by Gasteiger charge is 2.29. The Morgan fingerprint density at radius 2 is 1.33 bits per heavy atom. The molecule has 0 aliphatic heterocycles. The first kappa shape index (κ1) is 17.1. The molecule has 74 valence electrons. The van der Waals surface area contributed by atoms with Gasteiger partial charge in [0.05, 0.1) is 0 Å². The Hall–Kier alpha value is 2.73. The van der Waals surface area contributed by atoms with E-state index in [1.807, 2.05) is 0 Å². The molecular weight excluding hydrogens is 342 g/mol. The van der Waals surface area contributed by atoms with Crippen LogP contribution in [0.4, 0.5) is 0 Å². The first-order valence-corrected chi connectivity index (χ1v) is 14.2. The van der Waals surface area contributed by atoms with Gasteiger partial charge >= 0.3 is 14.7 Å². The summed E-state index contributed by atoms with van der Waals surface area (Å²) < 4.78 is 0. The highest BCUT2D eigenvalue weighted by molar-refractivity contribution is 8.32. The maximum Gasteiger partial charge on any atom is 0.564 e. The summed E-state index contributed by atoms with van der Waals surface area (Å²) in [6, 6.07) is 0. The maximum absolute atomic E-state index is 5.40. The number of hydrogen-bond donors (Lipinski definition) is 0. The van der Waals surface area contributed by atoms with Crippen LogP contribution in [0.3, 0.4) is 0 Å². The lowest BCUT2D eigenvalue weighted by molar-refractivity contribution is 1.81. The summed E-state index contributed by atoms with van der Waals surface area (Å²) in [6.45, 7) is 3.42. The fourth-order valence-corrected chi connectivity index (χ4v) is 1.32. The Balaban J connectivity index is 0. The van der Waals surface area contributed by atoms with Gasteiger partial charge in [-0.25, -0.2) is 0 Å². The van der Waals surface area contributed by atoms with Gasteiger partial charge in [-0.1, -0.05) is 12.7 Å². The van der Waals surface area contributed by atoms with Gasteiger partial charge in [-0.15, -0.1) is 0 Å². The molecule has 0 saturated heterocycles. The molecule has 0 fully saturated rings. The number of rotatable bonds is 2. The first-order chi connectivity index (χ1) is 5.06. The minimum atomic E-state index is -2.94. The normalized spacial score (nSPS) is 11.6. The van der Waals surface area contributed by atoms with E-state index in [4.69, 9.17) is 73.9 Å². The predicted molar refractivity (Wildman–Crippen MR) is 68.7 cm³/mol. The van der Waals surface area contributed by atoms with Crippen molar-refractivity contribution in [2.24, 2.45) is 0 Å². The molecule has 0 radical (unpaired) electrons. The molecule has 0 N–H and O–H groups in total. The smallest absolute Gasteiger partial charge is 0.391 e. The summed E-state index contributed by atoms with van der Waals surface area (Å²) in [5, 5.41) is -2.12. The van der Waals surface area contributed by atoms with E-state index in [2.05, 4.69) is 6.58 Å². The summed E-state index contributed by atoms with van der Waals surface area (Å²) in [5.41, 5.74) is 0. The Morgan fingerprint density at radius 3 is 1.33 bits per heavy atom. The zero-order chi connectivity index (χ0) is 10.4. The van der Waals surface area contributed by atoms with Crippen molar-refractivity contribution in [2.75, 3.05) is 6.16 Å². The van der Waals surface area contributed by atoms with Gasteiger partial charge in [0, 0.05) is 0 Å². The second-order valence-corrected chi connectivity index (χ2v) is 22.6. The van der Waals surface area contributed by atoms with Crippen molar-refractivity contribution in [3.8, 4) is 0 Å². The fourth-order valence-electron chi connectivity index (χ4n) is 0.146. The monoisotopic (exact) mass is 344 g/mol. The first-order valence-electron chi connectivity index (χ1n) is 2.51. The number of halogens is 7. The quantitative estimate of drug-likeness (QED) is 0.325. The Labute approximate surface area is 106 Å². The maximum atomic E-state index is 5.40. The predicted octanol–water partition coefficient (Wildman–Crippen LogP) is 6.03. The molecule has 0 heterocycles. The van der Waals surface area contributed by atoms with Crippen LogP contribution in [0, 0.1) is 0 Å². The molecule has 9 heteroatoms. The molecule has 0 bridgehead atoms. The van der Waals surface area contributed by atoms with Crippen molar-refractivity contribution in [3.63, 3.8) is 0 Å². The van der Waals surface area contributed by atoms with Crippen molar-refractivity contribution in [1.29, 1.82) is 0 Å². The fraction of sp³-hybridized carbons (Fsp3) is 0.333. The van der Waals surface area contributed by atoms with Crippen LogP contribution in [0.1, 0.15) is 0 Å². The Bertz CT molecular complexity index is 120. The van der Waals surface area contributed by atoms with Crippen LogP contribution in [-0.2, 0) is 0 Å². The number of allylic oxidation sites excluding steroid dienone is 1. The van der Waals surface area contributed by atoms with Crippen LogP contribution in [0.15, 0.2) is 12.7 Å². The third-order valence-corrected chi connectivity index (χ3v) is 2.25. The molecule has 12 heavy (non-hydrogen) atoms. The molecule has 0 aliphatic rings. The summed E-state index contributed by atoms with van der Waals surface area (Å²) in [7, 11) is 17.0.